The van der Waals surface area contributed by atoms with Gasteiger partial charge in [0.1, 0.15) is 5.84 Å². The average molecular weight is 500 g/mol. The first-order valence-corrected chi connectivity index (χ1v) is 9.51. The first-order chi connectivity index (χ1) is 14.3. The number of nitrogens with zero attached hydrogens (tertiary/aromatic N) is 3. The number of hydrogen-bond acceptors (Lipinski definition) is 5. The summed E-state index contributed by atoms with van der Waals surface area (Å²) < 4.78 is 39.6. The summed E-state index contributed by atoms with van der Waals surface area (Å²) in [7, 11) is 0. The zero-order chi connectivity index (χ0) is 21.7. The van der Waals surface area contributed by atoms with E-state index in [-0.39, 0.29) is 40.5 Å². The number of halogens is 4. The van der Waals surface area contributed by atoms with E-state index in [4.69, 9.17) is 0 Å². The van der Waals surface area contributed by atoms with Gasteiger partial charge in [-0.3, -0.25) is 19.9 Å². The molecule has 0 fully saturated rings. The van der Waals surface area contributed by atoms with E-state index in [1.54, 1.807) is 0 Å². The summed E-state index contributed by atoms with van der Waals surface area (Å²) in [6, 6.07) is 10.1. The Labute approximate surface area is 187 Å². The van der Waals surface area contributed by atoms with Gasteiger partial charge in [-0.15, -0.1) is 17.0 Å². The molecule has 31 heavy (non-hydrogen) atoms. The number of alkyl halides is 3. The molecule has 0 N–H and O–H groups in total. The normalized spacial score (nSPS) is 14.1. The molecule has 10 heteroatoms. The standard InChI is InChI=1S/C21H20F3N3O3.BrH/c22-21(23,24)16-7-5-8-17(13-16)26(20-10-2-1-3-11-25-20)14-19(28)15-6-4-9-18(12-15)27(29)30;/h4-9,12-13H,1-3,10-11,14H2;1H. The monoisotopic (exact) mass is 499 g/mol. The van der Waals surface area contributed by atoms with E-state index in [1.807, 2.05) is 0 Å². The molecule has 2 aromatic carbocycles. The van der Waals surface area contributed by atoms with Crippen molar-refractivity contribution in [1.29, 1.82) is 0 Å². The van der Waals surface area contributed by atoms with Gasteiger partial charge >= 0.3 is 6.18 Å². The predicted octanol–water partition coefficient (Wildman–Crippen LogP) is 5.85. The van der Waals surface area contributed by atoms with Gasteiger partial charge in [0, 0.05) is 36.3 Å². The van der Waals surface area contributed by atoms with E-state index >= 15 is 0 Å². The molecule has 0 unspecified atom stereocenters. The van der Waals surface area contributed by atoms with Gasteiger partial charge in [0.15, 0.2) is 5.78 Å². The molecular weight excluding hydrogens is 479 g/mol. The number of carbonyl (C=O) groups excluding carboxylic acids is 1. The zero-order valence-electron chi connectivity index (χ0n) is 16.5. The number of anilines is 1. The Bertz CT molecular complexity index is 980. The van der Waals surface area contributed by atoms with Crippen LogP contribution in [-0.4, -0.2) is 29.6 Å². The molecule has 0 amide bonds. The van der Waals surface area contributed by atoms with Crippen molar-refractivity contribution < 1.29 is 22.9 Å². The lowest BCUT2D eigenvalue weighted by Crippen LogP contribution is -2.36. The van der Waals surface area contributed by atoms with Crippen molar-refractivity contribution in [3.8, 4) is 0 Å². The highest BCUT2D eigenvalue weighted by Crippen LogP contribution is 2.32. The maximum atomic E-state index is 13.2. The van der Waals surface area contributed by atoms with Crippen molar-refractivity contribution in [2.24, 2.45) is 4.99 Å². The number of benzene rings is 2. The van der Waals surface area contributed by atoms with Crippen LogP contribution in [0.5, 0.6) is 0 Å². The third-order valence-electron chi connectivity index (χ3n) is 4.83. The van der Waals surface area contributed by atoms with Crippen LogP contribution in [0, 0.1) is 10.1 Å². The number of amidine groups is 1. The number of aliphatic imine (C=N–C) groups is 1. The van der Waals surface area contributed by atoms with E-state index < -0.39 is 22.4 Å². The Balaban J connectivity index is 0.00000341. The van der Waals surface area contributed by atoms with Gasteiger partial charge in [0.2, 0.25) is 0 Å². The van der Waals surface area contributed by atoms with E-state index in [0.717, 1.165) is 31.4 Å². The molecule has 0 bridgehead atoms. The van der Waals surface area contributed by atoms with Crippen molar-refractivity contribution in [3.63, 3.8) is 0 Å². The molecule has 166 valence electrons. The Morgan fingerprint density at radius 3 is 2.55 bits per heavy atom. The van der Waals surface area contributed by atoms with Gasteiger partial charge in [-0.2, -0.15) is 13.2 Å². The molecule has 1 aliphatic rings. The summed E-state index contributed by atoms with van der Waals surface area (Å²) in [5.74, 6) is 0.105. The van der Waals surface area contributed by atoms with Crippen LogP contribution in [0.25, 0.3) is 0 Å². The van der Waals surface area contributed by atoms with Crippen LogP contribution < -0.4 is 4.90 Å². The molecule has 0 spiro atoms. The van der Waals surface area contributed by atoms with Crippen LogP contribution in [0.2, 0.25) is 0 Å². The molecule has 0 aliphatic carbocycles. The largest absolute Gasteiger partial charge is 0.416 e. The van der Waals surface area contributed by atoms with Crippen LogP contribution in [-0.2, 0) is 6.18 Å². The maximum absolute atomic E-state index is 13.2. The third kappa shape index (κ3) is 6.36. The van der Waals surface area contributed by atoms with Crippen molar-refractivity contribution >= 4 is 40.0 Å². The summed E-state index contributed by atoms with van der Waals surface area (Å²) in [4.78, 5) is 29.2. The number of non-ortho nitro benzene ring substituents is 1. The van der Waals surface area contributed by atoms with Crippen LogP contribution >= 0.6 is 17.0 Å². The minimum atomic E-state index is -4.52. The average Bonchev–Trinajstić information content (AvgIpc) is 3.01. The molecule has 1 aliphatic heterocycles. The van der Waals surface area contributed by atoms with Crippen molar-refractivity contribution in [2.75, 3.05) is 18.0 Å². The second-order valence-corrected chi connectivity index (χ2v) is 6.97. The molecule has 0 radical (unpaired) electrons. The molecule has 0 atom stereocenters. The minimum absolute atomic E-state index is 0. The number of hydrogen-bond donors (Lipinski definition) is 0. The fraction of sp³-hybridized carbons (Fsp3) is 0.333. The lowest BCUT2D eigenvalue weighted by Gasteiger charge is -2.26. The van der Waals surface area contributed by atoms with Crippen LogP contribution in [0.15, 0.2) is 53.5 Å². The number of carbonyl (C=O) groups is 1. The van der Waals surface area contributed by atoms with Crippen molar-refractivity contribution in [2.45, 2.75) is 31.9 Å². The Hall–Kier alpha value is -2.75. The van der Waals surface area contributed by atoms with Crippen molar-refractivity contribution in [3.05, 3.63) is 69.8 Å². The van der Waals surface area contributed by atoms with Gasteiger partial charge in [0.25, 0.3) is 5.69 Å². The summed E-state index contributed by atoms with van der Waals surface area (Å²) in [5.41, 5.74) is -0.708. The molecule has 1 heterocycles. The fourth-order valence-electron chi connectivity index (χ4n) is 3.29. The molecule has 0 saturated carbocycles. The van der Waals surface area contributed by atoms with Crippen LogP contribution in [0.3, 0.4) is 0 Å². The summed E-state index contributed by atoms with van der Waals surface area (Å²) in [6.07, 6.45) is -1.34. The Morgan fingerprint density at radius 2 is 1.84 bits per heavy atom. The summed E-state index contributed by atoms with van der Waals surface area (Å²) in [6.45, 7) is 0.275. The zero-order valence-corrected chi connectivity index (χ0v) is 18.2. The fourth-order valence-corrected chi connectivity index (χ4v) is 3.29. The Kier molecular flexibility index (Phi) is 8.32. The molecular formula is C21H21BrF3N3O3. The van der Waals surface area contributed by atoms with E-state index in [1.165, 1.54) is 41.3 Å². The smallest absolute Gasteiger partial charge is 0.322 e. The van der Waals surface area contributed by atoms with Gasteiger partial charge in [-0.25, -0.2) is 0 Å². The quantitative estimate of drug-likeness (QED) is 0.293. The number of nitro benzene ring substituents is 1. The molecule has 2 aromatic rings. The van der Waals surface area contributed by atoms with Crippen molar-refractivity contribution in [1.82, 2.24) is 0 Å². The SMILES string of the molecule is Br.O=C(CN(C1=NCCCCC1)c1cccc(C(F)(F)F)c1)c1cccc([N+](=O)[O-])c1. The number of rotatable bonds is 5. The van der Waals surface area contributed by atoms with E-state index in [2.05, 4.69) is 4.99 Å². The van der Waals surface area contributed by atoms with Gasteiger partial charge in [-0.05, 0) is 31.0 Å². The molecule has 3 rings (SSSR count). The molecule has 6 nitrogen and oxygen atoms in total. The first kappa shape index (κ1) is 24.5. The number of ketones is 1. The topological polar surface area (TPSA) is 75.8 Å². The highest BCUT2D eigenvalue weighted by molar-refractivity contribution is 8.93. The lowest BCUT2D eigenvalue weighted by atomic mass is 10.1. The second-order valence-electron chi connectivity index (χ2n) is 6.97. The third-order valence-corrected chi connectivity index (χ3v) is 4.83. The lowest BCUT2D eigenvalue weighted by molar-refractivity contribution is -0.384. The van der Waals surface area contributed by atoms with Gasteiger partial charge in [0.05, 0.1) is 17.0 Å². The summed E-state index contributed by atoms with van der Waals surface area (Å²) in [5, 5.41) is 11.0. The molecule has 0 aromatic heterocycles. The van der Waals surface area contributed by atoms with Crippen LogP contribution in [0.1, 0.15) is 41.6 Å². The Morgan fingerprint density at radius 1 is 1.10 bits per heavy atom. The number of nitro groups is 1. The highest BCUT2D eigenvalue weighted by Gasteiger charge is 2.31. The van der Waals surface area contributed by atoms with Gasteiger partial charge in [-0.1, -0.05) is 24.6 Å². The number of Topliss-reactive ketones (excluding diaryl/α,β-unsaturated/α-hetero) is 1. The first-order valence-electron chi connectivity index (χ1n) is 9.51. The van der Waals surface area contributed by atoms with Gasteiger partial charge < -0.3 is 4.90 Å². The highest BCUT2D eigenvalue weighted by atomic mass is 79.9. The van der Waals surface area contributed by atoms with E-state index in [9.17, 15) is 28.1 Å². The second kappa shape index (κ2) is 10.5. The predicted molar refractivity (Wildman–Crippen MR) is 117 cm³/mol. The maximum Gasteiger partial charge on any atom is 0.416 e. The van der Waals surface area contributed by atoms with E-state index in [0.29, 0.717) is 18.8 Å². The molecule has 0 saturated heterocycles. The summed E-state index contributed by atoms with van der Waals surface area (Å²) >= 11 is 0. The minimum Gasteiger partial charge on any atom is -0.322 e. The van der Waals surface area contributed by atoms with Crippen LogP contribution in [0.4, 0.5) is 24.5 Å².